The van der Waals surface area contributed by atoms with Crippen molar-refractivity contribution in [2.24, 2.45) is 0 Å². The third kappa shape index (κ3) is 4.40. The van der Waals surface area contributed by atoms with Gasteiger partial charge in [-0.2, -0.15) is 0 Å². The van der Waals surface area contributed by atoms with Gasteiger partial charge in [0, 0.05) is 17.2 Å². The van der Waals surface area contributed by atoms with E-state index in [2.05, 4.69) is 0 Å². The van der Waals surface area contributed by atoms with E-state index in [4.69, 9.17) is 30.2 Å². The Balaban J connectivity index is 2.55. The SMILES string of the molecule is COc1cc2oc3c(Cl)c(OC)c(CC=C(C)C)c(O)c3c(=O)c2c(CC=C(C)C)c1OC. The molecule has 1 aromatic heterocycles. The molecule has 1 heterocycles. The second kappa shape index (κ2) is 9.79. The number of halogens is 1. The molecule has 0 bridgehead atoms. The van der Waals surface area contributed by atoms with Crippen molar-refractivity contribution < 1.29 is 23.7 Å². The van der Waals surface area contributed by atoms with Gasteiger partial charge in [0.15, 0.2) is 17.1 Å². The van der Waals surface area contributed by atoms with E-state index < -0.39 is 5.43 Å². The molecule has 0 saturated heterocycles. The molecule has 33 heavy (non-hydrogen) atoms. The molecule has 0 fully saturated rings. The van der Waals surface area contributed by atoms with Crippen LogP contribution in [0.25, 0.3) is 21.9 Å². The molecule has 1 N–H and O–H groups in total. The quantitative estimate of drug-likeness (QED) is 0.319. The summed E-state index contributed by atoms with van der Waals surface area (Å²) in [6.07, 6.45) is 4.68. The summed E-state index contributed by atoms with van der Waals surface area (Å²) in [6.45, 7) is 7.84. The lowest BCUT2D eigenvalue weighted by molar-refractivity contribution is 0.352. The summed E-state index contributed by atoms with van der Waals surface area (Å²) in [5, 5.41) is 11.6. The summed E-state index contributed by atoms with van der Waals surface area (Å²) in [6, 6.07) is 1.60. The first-order valence-corrected chi connectivity index (χ1v) is 10.9. The lowest BCUT2D eigenvalue weighted by Gasteiger charge is -2.17. The van der Waals surface area contributed by atoms with Crippen molar-refractivity contribution in [2.75, 3.05) is 21.3 Å². The standard InChI is InChI=1S/C26H29ClO6/c1-13(2)8-10-15-19-17(12-18(30-5)24(15)31-6)33-26-20(23(19)29)22(28)16(11-9-14(3)4)25(32-7)21(26)27/h8-9,12,28H,10-11H2,1-7H3. The second-order valence-electron chi connectivity index (χ2n) is 8.24. The molecule has 0 saturated carbocycles. The lowest BCUT2D eigenvalue weighted by Crippen LogP contribution is -2.09. The first-order chi connectivity index (χ1) is 15.7. The number of allylic oxidation sites excluding steroid dienone is 4. The van der Waals surface area contributed by atoms with Gasteiger partial charge in [0.2, 0.25) is 5.43 Å². The second-order valence-corrected chi connectivity index (χ2v) is 8.62. The summed E-state index contributed by atoms with van der Waals surface area (Å²) in [5.74, 6) is 0.935. The Labute approximate surface area is 198 Å². The number of hydrogen-bond acceptors (Lipinski definition) is 6. The van der Waals surface area contributed by atoms with Crippen LogP contribution in [0.2, 0.25) is 5.02 Å². The number of rotatable bonds is 7. The molecule has 0 aliphatic carbocycles. The van der Waals surface area contributed by atoms with Gasteiger partial charge >= 0.3 is 0 Å². The van der Waals surface area contributed by atoms with Crippen molar-refractivity contribution in [3.63, 3.8) is 0 Å². The number of phenolic OH excluding ortho intramolecular Hbond substituents is 1. The summed E-state index contributed by atoms with van der Waals surface area (Å²) < 4.78 is 22.7. The molecule has 7 heteroatoms. The van der Waals surface area contributed by atoms with E-state index in [-0.39, 0.29) is 33.1 Å². The van der Waals surface area contributed by atoms with E-state index in [1.807, 2.05) is 39.8 Å². The number of ether oxygens (including phenoxy) is 3. The van der Waals surface area contributed by atoms with Crippen molar-refractivity contribution in [2.45, 2.75) is 40.5 Å². The first kappa shape index (κ1) is 24.5. The third-order valence-corrected chi connectivity index (χ3v) is 5.80. The van der Waals surface area contributed by atoms with E-state index in [0.717, 1.165) is 11.1 Å². The molecule has 0 spiro atoms. The van der Waals surface area contributed by atoms with Crippen molar-refractivity contribution in [1.82, 2.24) is 0 Å². The highest BCUT2D eigenvalue weighted by Crippen LogP contribution is 2.45. The summed E-state index contributed by atoms with van der Waals surface area (Å²) >= 11 is 6.63. The Bertz CT molecular complexity index is 1340. The van der Waals surface area contributed by atoms with Gasteiger partial charge in [0.25, 0.3) is 0 Å². The highest BCUT2D eigenvalue weighted by Gasteiger charge is 2.26. The van der Waals surface area contributed by atoms with Crippen LogP contribution >= 0.6 is 11.6 Å². The van der Waals surface area contributed by atoms with Gasteiger partial charge in [-0.05, 0) is 40.5 Å². The van der Waals surface area contributed by atoms with E-state index in [9.17, 15) is 9.90 Å². The molecular formula is C26H29ClO6. The third-order valence-electron chi connectivity index (χ3n) is 5.45. The minimum absolute atomic E-state index is 0.0103. The van der Waals surface area contributed by atoms with Crippen LogP contribution in [0, 0.1) is 0 Å². The fourth-order valence-corrected chi connectivity index (χ4v) is 4.16. The van der Waals surface area contributed by atoms with E-state index in [0.29, 0.717) is 40.9 Å². The minimum atomic E-state index is -0.398. The van der Waals surface area contributed by atoms with Gasteiger partial charge in [-0.1, -0.05) is 34.9 Å². The highest BCUT2D eigenvalue weighted by atomic mass is 35.5. The molecule has 0 unspecified atom stereocenters. The Morgan fingerprint density at radius 1 is 0.939 bits per heavy atom. The van der Waals surface area contributed by atoms with Crippen LogP contribution in [0.3, 0.4) is 0 Å². The zero-order valence-corrected chi connectivity index (χ0v) is 20.8. The average Bonchev–Trinajstić information content (AvgIpc) is 2.77. The Morgan fingerprint density at radius 3 is 2.03 bits per heavy atom. The molecule has 0 aliphatic heterocycles. The average molecular weight is 473 g/mol. The lowest BCUT2D eigenvalue weighted by atomic mass is 9.98. The van der Waals surface area contributed by atoms with Crippen molar-refractivity contribution in [3.05, 3.63) is 55.7 Å². The predicted octanol–water partition coefficient (Wildman–Crippen LogP) is 6.35. The normalized spacial score (nSPS) is 10.9. The van der Waals surface area contributed by atoms with Crippen molar-refractivity contribution >= 4 is 33.5 Å². The maximum atomic E-state index is 13.8. The Kier molecular flexibility index (Phi) is 7.28. The number of methoxy groups -OCH3 is 3. The first-order valence-electron chi connectivity index (χ1n) is 10.5. The molecule has 176 valence electrons. The molecule has 2 aromatic carbocycles. The monoisotopic (exact) mass is 472 g/mol. The summed E-state index contributed by atoms with van der Waals surface area (Å²) in [5.41, 5.74) is 3.12. The molecule has 0 radical (unpaired) electrons. The highest BCUT2D eigenvalue weighted by molar-refractivity contribution is 6.37. The van der Waals surface area contributed by atoms with Crippen LogP contribution in [0.5, 0.6) is 23.0 Å². The van der Waals surface area contributed by atoms with Crippen molar-refractivity contribution in [3.8, 4) is 23.0 Å². The number of hydrogen-bond donors (Lipinski definition) is 1. The molecule has 0 aliphatic rings. The number of fused-ring (bicyclic) bond motifs is 2. The fraction of sp³-hybridized carbons (Fsp3) is 0.346. The van der Waals surface area contributed by atoms with Gasteiger partial charge in [-0.3, -0.25) is 4.79 Å². The van der Waals surface area contributed by atoms with Gasteiger partial charge in [0.1, 0.15) is 27.5 Å². The van der Waals surface area contributed by atoms with Crippen molar-refractivity contribution in [1.29, 1.82) is 0 Å². The topological polar surface area (TPSA) is 78.1 Å². The summed E-state index contributed by atoms with van der Waals surface area (Å²) in [7, 11) is 4.50. The molecule has 6 nitrogen and oxygen atoms in total. The van der Waals surface area contributed by atoms with E-state index >= 15 is 0 Å². The Morgan fingerprint density at radius 2 is 1.52 bits per heavy atom. The van der Waals surface area contributed by atoms with Crippen LogP contribution in [0.15, 0.2) is 38.6 Å². The maximum Gasteiger partial charge on any atom is 0.204 e. The van der Waals surface area contributed by atoms with Crippen LogP contribution in [0.1, 0.15) is 38.8 Å². The van der Waals surface area contributed by atoms with Crippen LogP contribution in [0.4, 0.5) is 0 Å². The fourth-order valence-electron chi connectivity index (χ4n) is 3.83. The smallest absolute Gasteiger partial charge is 0.204 e. The molecule has 3 aromatic rings. The van der Waals surface area contributed by atoms with Crippen LogP contribution in [-0.4, -0.2) is 26.4 Å². The van der Waals surface area contributed by atoms with Gasteiger partial charge in [-0.25, -0.2) is 0 Å². The molecule has 3 rings (SSSR count). The van der Waals surface area contributed by atoms with E-state index in [1.54, 1.807) is 6.07 Å². The molecular weight excluding hydrogens is 444 g/mol. The van der Waals surface area contributed by atoms with Gasteiger partial charge in [0.05, 0.1) is 26.7 Å². The van der Waals surface area contributed by atoms with Gasteiger partial charge < -0.3 is 23.7 Å². The molecule has 0 amide bonds. The zero-order valence-electron chi connectivity index (χ0n) is 20.0. The summed E-state index contributed by atoms with van der Waals surface area (Å²) in [4.78, 5) is 13.8. The van der Waals surface area contributed by atoms with Crippen LogP contribution < -0.4 is 19.6 Å². The predicted molar refractivity (Wildman–Crippen MR) is 133 cm³/mol. The van der Waals surface area contributed by atoms with E-state index in [1.165, 1.54) is 21.3 Å². The minimum Gasteiger partial charge on any atom is -0.507 e. The van der Waals surface area contributed by atoms with Crippen LogP contribution in [-0.2, 0) is 12.8 Å². The Hall–Kier alpha value is -3.12. The maximum absolute atomic E-state index is 13.8. The van der Waals surface area contributed by atoms with Gasteiger partial charge in [-0.15, -0.1) is 0 Å². The number of benzene rings is 2. The zero-order chi connectivity index (χ0) is 24.4. The largest absolute Gasteiger partial charge is 0.507 e. The number of phenols is 1. The molecule has 0 atom stereocenters. The number of aromatic hydroxyl groups is 1.